The second kappa shape index (κ2) is 8.96. The molecule has 0 radical (unpaired) electrons. The van der Waals surface area contributed by atoms with Crippen LogP contribution in [0.4, 0.5) is 0 Å². The van der Waals surface area contributed by atoms with Crippen LogP contribution in [0.5, 0.6) is 23.0 Å². The smallest absolute Gasteiger partial charge is 0.275 e. The van der Waals surface area contributed by atoms with Crippen LogP contribution in [0.25, 0.3) is 0 Å². The van der Waals surface area contributed by atoms with Gasteiger partial charge in [0.05, 0.1) is 40.2 Å². The second-order valence-electron chi connectivity index (χ2n) is 4.97. The van der Waals surface area contributed by atoms with Crippen LogP contribution in [0.1, 0.15) is 15.9 Å². The predicted molar refractivity (Wildman–Crippen MR) is 99.2 cm³/mol. The lowest BCUT2D eigenvalue weighted by Gasteiger charge is -2.13. The Morgan fingerprint density at radius 2 is 1.62 bits per heavy atom. The maximum atomic E-state index is 12.3. The molecule has 0 fully saturated rings. The molecule has 138 valence electrons. The maximum Gasteiger partial charge on any atom is 0.275 e. The Bertz CT molecular complexity index is 823. The first-order valence-electron chi connectivity index (χ1n) is 7.51. The number of amides is 1. The van der Waals surface area contributed by atoms with Crippen molar-refractivity contribution in [2.45, 2.75) is 0 Å². The Balaban J connectivity index is 2.23. The third kappa shape index (κ3) is 4.18. The molecule has 8 heteroatoms. The summed E-state index contributed by atoms with van der Waals surface area (Å²) in [6, 6.07) is 8.19. The highest BCUT2D eigenvalue weighted by atomic mass is 35.5. The number of hydrogen-bond acceptors (Lipinski definition) is 6. The third-order valence-electron chi connectivity index (χ3n) is 3.51. The molecule has 0 aromatic heterocycles. The second-order valence-corrected chi connectivity index (χ2v) is 5.40. The van der Waals surface area contributed by atoms with Gasteiger partial charge in [-0.3, -0.25) is 4.79 Å². The maximum absolute atomic E-state index is 12.3. The van der Waals surface area contributed by atoms with E-state index in [2.05, 4.69) is 10.5 Å². The van der Waals surface area contributed by atoms with Crippen molar-refractivity contribution in [3.05, 3.63) is 46.5 Å². The van der Waals surface area contributed by atoms with Gasteiger partial charge in [-0.1, -0.05) is 11.6 Å². The Morgan fingerprint density at radius 1 is 0.962 bits per heavy atom. The van der Waals surface area contributed by atoms with Crippen LogP contribution in [0.15, 0.2) is 35.4 Å². The summed E-state index contributed by atoms with van der Waals surface area (Å²) >= 11 is 5.93. The van der Waals surface area contributed by atoms with E-state index in [4.69, 9.17) is 30.5 Å². The van der Waals surface area contributed by atoms with Crippen molar-refractivity contribution in [1.29, 1.82) is 0 Å². The summed E-state index contributed by atoms with van der Waals surface area (Å²) in [7, 11) is 6.01. The largest absolute Gasteiger partial charge is 0.496 e. The molecule has 0 aliphatic rings. The van der Waals surface area contributed by atoms with Crippen LogP contribution in [-0.2, 0) is 0 Å². The number of rotatable bonds is 7. The fourth-order valence-corrected chi connectivity index (χ4v) is 2.48. The molecular formula is C18H19ClN2O5. The Kier molecular flexibility index (Phi) is 6.68. The molecule has 0 spiro atoms. The first-order chi connectivity index (χ1) is 12.5. The summed E-state index contributed by atoms with van der Waals surface area (Å²) in [4.78, 5) is 12.3. The number of nitrogens with one attached hydrogen (secondary N) is 1. The van der Waals surface area contributed by atoms with Gasteiger partial charge in [0, 0.05) is 10.6 Å². The number of hydrogen-bond donors (Lipinski definition) is 1. The van der Waals surface area contributed by atoms with Gasteiger partial charge >= 0.3 is 0 Å². The van der Waals surface area contributed by atoms with Gasteiger partial charge < -0.3 is 18.9 Å². The summed E-state index contributed by atoms with van der Waals surface area (Å²) in [5.41, 5.74) is 3.31. The lowest BCUT2D eigenvalue weighted by Crippen LogP contribution is -2.18. The topological polar surface area (TPSA) is 78.4 Å². The lowest BCUT2D eigenvalue weighted by atomic mass is 10.2. The van der Waals surface area contributed by atoms with Gasteiger partial charge in [-0.15, -0.1) is 0 Å². The first kappa shape index (κ1) is 19.4. The number of hydrazone groups is 1. The molecule has 0 aliphatic heterocycles. The first-order valence-corrected chi connectivity index (χ1v) is 7.89. The molecule has 2 rings (SSSR count). The fraction of sp³-hybridized carbons (Fsp3) is 0.222. The van der Waals surface area contributed by atoms with Gasteiger partial charge in [0.25, 0.3) is 5.91 Å². The molecule has 26 heavy (non-hydrogen) atoms. The van der Waals surface area contributed by atoms with Crippen molar-refractivity contribution >= 4 is 23.7 Å². The zero-order chi connectivity index (χ0) is 19.1. The van der Waals surface area contributed by atoms with Crippen LogP contribution in [0.3, 0.4) is 0 Å². The number of nitrogens with zero attached hydrogens (tertiary/aromatic N) is 1. The van der Waals surface area contributed by atoms with Gasteiger partial charge in [0.2, 0.25) is 5.75 Å². The number of halogens is 1. The predicted octanol–water partition coefficient (Wildman–Crippen LogP) is 3.14. The van der Waals surface area contributed by atoms with E-state index < -0.39 is 5.91 Å². The Morgan fingerprint density at radius 3 is 2.23 bits per heavy atom. The molecule has 0 atom stereocenters. The minimum absolute atomic E-state index is 0.274. The molecular weight excluding hydrogens is 360 g/mol. The van der Waals surface area contributed by atoms with Crippen molar-refractivity contribution in [1.82, 2.24) is 5.43 Å². The number of carbonyl (C=O) groups is 1. The van der Waals surface area contributed by atoms with Crippen molar-refractivity contribution in [3.63, 3.8) is 0 Å². The Hall–Kier alpha value is -2.93. The highest BCUT2D eigenvalue weighted by molar-refractivity contribution is 6.31. The lowest BCUT2D eigenvalue weighted by molar-refractivity contribution is 0.0952. The number of benzene rings is 2. The van der Waals surface area contributed by atoms with E-state index in [-0.39, 0.29) is 5.56 Å². The normalized spacial score (nSPS) is 10.5. The minimum Gasteiger partial charge on any atom is -0.496 e. The van der Waals surface area contributed by atoms with Crippen molar-refractivity contribution in [3.8, 4) is 23.0 Å². The van der Waals surface area contributed by atoms with Crippen molar-refractivity contribution < 1.29 is 23.7 Å². The van der Waals surface area contributed by atoms with Crippen LogP contribution < -0.4 is 24.4 Å². The summed E-state index contributed by atoms with van der Waals surface area (Å²) in [5.74, 6) is 1.33. The molecule has 2 aromatic rings. The van der Waals surface area contributed by atoms with Crippen LogP contribution >= 0.6 is 11.6 Å². The summed E-state index contributed by atoms with van der Waals surface area (Å²) in [6.07, 6.45) is 1.44. The fourth-order valence-electron chi connectivity index (χ4n) is 2.30. The highest BCUT2D eigenvalue weighted by Crippen LogP contribution is 2.38. The number of carbonyl (C=O) groups excluding carboxylic acids is 1. The molecule has 0 saturated carbocycles. The Labute approximate surface area is 156 Å². The molecule has 0 bridgehead atoms. The van der Waals surface area contributed by atoms with E-state index in [1.807, 2.05) is 0 Å². The van der Waals surface area contributed by atoms with Gasteiger partial charge in [-0.2, -0.15) is 5.10 Å². The van der Waals surface area contributed by atoms with E-state index in [1.54, 1.807) is 24.3 Å². The van der Waals surface area contributed by atoms with Crippen molar-refractivity contribution in [2.75, 3.05) is 28.4 Å². The molecule has 7 nitrogen and oxygen atoms in total. The van der Waals surface area contributed by atoms with Crippen LogP contribution in [0.2, 0.25) is 5.02 Å². The average Bonchev–Trinajstić information content (AvgIpc) is 2.66. The standard InChI is InChI=1S/C18H19ClN2O5/c1-23-14-8-6-12(19)9-13(14)18(22)21-20-10-11-5-7-15(24-2)17(26-4)16(11)25-3/h5-10H,1-4H3,(H,21,22)/b20-10-. The molecule has 0 unspecified atom stereocenters. The molecule has 0 aliphatic carbocycles. The van der Waals surface area contributed by atoms with E-state index in [0.29, 0.717) is 33.6 Å². The van der Waals surface area contributed by atoms with E-state index in [9.17, 15) is 4.79 Å². The third-order valence-corrected chi connectivity index (χ3v) is 3.75. The summed E-state index contributed by atoms with van der Waals surface area (Å²) in [5, 5.41) is 4.38. The van der Waals surface area contributed by atoms with Gasteiger partial charge in [-0.05, 0) is 30.3 Å². The highest BCUT2D eigenvalue weighted by Gasteiger charge is 2.15. The monoisotopic (exact) mass is 378 g/mol. The van der Waals surface area contributed by atoms with Gasteiger partial charge in [0.15, 0.2) is 11.5 Å². The number of ether oxygens (including phenoxy) is 4. The van der Waals surface area contributed by atoms with Crippen molar-refractivity contribution in [2.24, 2.45) is 5.10 Å². The quantitative estimate of drug-likeness (QED) is 0.591. The minimum atomic E-state index is -0.458. The summed E-state index contributed by atoms with van der Waals surface area (Å²) < 4.78 is 21.0. The van der Waals surface area contributed by atoms with Gasteiger partial charge in [0.1, 0.15) is 5.75 Å². The van der Waals surface area contributed by atoms with E-state index in [1.165, 1.54) is 40.7 Å². The molecule has 0 saturated heterocycles. The molecule has 1 amide bonds. The average molecular weight is 379 g/mol. The molecule has 1 N–H and O–H groups in total. The zero-order valence-electron chi connectivity index (χ0n) is 14.8. The van der Waals surface area contributed by atoms with E-state index >= 15 is 0 Å². The zero-order valence-corrected chi connectivity index (χ0v) is 15.6. The van der Waals surface area contributed by atoms with E-state index in [0.717, 1.165) is 0 Å². The molecule has 2 aromatic carbocycles. The number of methoxy groups -OCH3 is 4. The summed E-state index contributed by atoms with van der Waals surface area (Å²) in [6.45, 7) is 0. The SMILES string of the molecule is COc1ccc(Cl)cc1C(=O)N/N=C\c1ccc(OC)c(OC)c1OC. The van der Waals surface area contributed by atoms with Crippen LogP contribution in [-0.4, -0.2) is 40.6 Å². The molecule has 0 heterocycles. The van der Waals surface area contributed by atoms with Gasteiger partial charge in [-0.25, -0.2) is 5.43 Å². The van der Waals surface area contributed by atoms with Crippen LogP contribution in [0, 0.1) is 0 Å².